The molecular formula is C19H18N4O6S. The van der Waals surface area contributed by atoms with Crippen molar-refractivity contribution in [3.05, 3.63) is 65.1 Å². The Bertz CT molecular complexity index is 1230. The molecule has 30 heavy (non-hydrogen) atoms. The fourth-order valence-corrected chi connectivity index (χ4v) is 3.57. The molecule has 156 valence electrons. The van der Waals surface area contributed by atoms with Gasteiger partial charge in [0.2, 0.25) is 11.8 Å². The second-order valence-corrected chi connectivity index (χ2v) is 8.01. The highest BCUT2D eigenvalue weighted by Crippen LogP contribution is 2.18. The zero-order valence-electron chi connectivity index (χ0n) is 16.0. The largest absolute Gasteiger partial charge is 0.463 e. The van der Waals surface area contributed by atoms with Crippen molar-refractivity contribution in [2.45, 2.75) is 24.8 Å². The average Bonchev–Trinajstić information content (AvgIpc) is 3.22. The smallest absolute Gasteiger partial charge is 0.267 e. The number of furan rings is 1. The van der Waals surface area contributed by atoms with E-state index in [9.17, 15) is 22.8 Å². The maximum Gasteiger partial charge on any atom is 0.267 e. The number of carbonyl (C=O) groups is 2. The predicted molar refractivity (Wildman–Crippen MR) is 107 cm³/mol. The molecule has 1 aromatic carbocycles. The first-order valence-electron chi connectivity index (χ1n) is 8.75. The van der Waals surface area contributed by atoms with E-state index in [1.54, 1.807) is 12.1 Å². The molecule has 0 radical (unpaired) electrons. The molecule has 1 unspecified atom stereocenters. The lowest BCUT2D eigenvalue weighted by Gasteiger charge is -2.15. The van der Waals surface area contributed by atoms with Crippen LogP contribution in [0, 0.1) is 0 Å². The van der Waals surface area contributed by atoms with Crippen LogP contribution in [0.25, 0.3) is 11.5 Å². The highest BCUT2D eigenvalue weighted by Gasteiger charge is 2.20. The highest BCUT2D eigenvalue weighted by atomic mass is 32.2. The lowest BCUT2D eigenvalue weighted by atomic mass is 10.2. The van der Waals surface area contributed by atoms with Crippen molar-refractivity contribution >= 4 is 27.5 Å². The molecule has 0 aliphatic heterocycles. The second kappa shape index (κ2) is 8.33. The lowest BCUT2D eigenvalue weighted by Crippen LogP contribution is -2.33. The Kier molecular flexibility index (Phi) is 5.83. The van der Waals surface area contributed by atoms with Crippen LogP contribution in [0.1, 0.15) is 19.9 Å². The highest BCUT2D eigenvalue weighted by molar-refractivity contribution is 7.90. The van der Waals surface area contributed by atoms with Gasteiger partial charge in [-0.05, 0) is 49.4 Å². The Balaban J connectivity index is 1.77. The maximum absolute atomic E-state index is 12.6. The summed E-state index contributed by atoms with van der Waals surface area (Å²) < 4.78 is 32.1. The molecule has 3 rings (SSSR count). The van der Waals surface area contributed by atoms with Gasteiger partial charge in [0.25, 0.3) is 15.6 Å². The number of benzene rings is 1. The molecule has 0 aliphatic carbocycles. The van der Waals surface area contributed by atoms with Crippen molar-refractivity contribution in [3.63, 3.8) is 0 Å². The van der Waals surface area contributed by atoms with Crippen LogP contribution in [-0.4, -0.2) is 30.0 Å². The third-order valence-electron chi connectivity index (χ3n) is 4.06. The van der Waals surface area contributed by atoms with Gasteiger partial charge < -0.3 is 9.73 Å². The van der Waals surface area contributed by atoms with Gasteiger partial charge in [-0.2, -0.15) is 5.10 Å². The molecule has 2 heterocycles. The van der Waals surface area contributed by atoms with Gasteiger partial charge in [-0.3, -0.25) is 14.4 Å². The molecule has 0 saturated carbocycles. The quantitative estimate of drug-likeness (QED) is 0.604. The average molecular weight is 430 g/mol. The summed E-state index contributed by atoms with van der Waals surface area (Å²) in [7, 11) is -3.97. The van der Waals surface area contributed by atoms with E-state index in [0.717, 1.165) is 11.6 Å². The molecule has 0 saturated heterocycles. The summed E-state index contributed by atoms with van der Waals surface area (Å²) >= 11 is 0. The van der Waals surface area contributed by atoms with Crippen molar-refractivity contribution in [2.24, 2.45) is 0 Å². The van der Waals surface area contributed by atoms with E-state index in [0.29, 0.717) is 17.1 Å². The van der Waals surface area contributed by atoms with Crippen molar-refractivity contribution in [1.82, 2.24) is 14.5 Å². The minimum atomic E-state index is -3.97. The van der Waals surface area contributed by atoms with Crippen molar-refractivity contribution < 1.29 is 22.4 Å². The van der Waals surface area contributed by atoms with Gasteiger partial charge in [0.1, 0.15) is 11.7 Å². The zero-order chi connectivity index (χ0) is 21.9. The van der Waals surface area contributed by atoms with Crippen LogP contribution in [0.4, 0.5) is 5.69 Å². The third kappa shape index (κ3) is 4.63. The molecule has 10 nitrogen and oxygen atoms in total. The maximum atomic E-state index is 12.6. The Morgan fingerprint density at radius 3 is 2.40 bits per heavy atom. The first kappa shape index (κ1) is 21.0. The standard InChI is InChI=1S/C19H18N4O6S/c1-12(23-18(25)10-9-16(21-23)17-4-3-11-29-17)19(26)20-14-5-7-15(8-6-14)30(27,28)22-13(2)24/h3-12H,1-2H3,(H,20,26)(H,22,24). The minimum absolute atomic E-state index is 0.132. The summed E-state index contributed by atoms with van der Waals surface area (Å²) in [6.07, 6.45) is 1.47. The molecule has 0 spiro atoms. The van der Waals surface area contributed by atoms with Crippen LogP contribution < -0.4 is 15.6 Å². The molecule has 0 bridgehead atoms. The molecule has 0 aliphatic rings. The first-order valence-corrected chi connectivity index (χ1v) is 10.2. The number of anilines is 1. The molecule has 2 aromatic heterocycles. The van der Waals surface area contributed by atoms with Gasteiger partial charge >= 0.3 is 0 Å². The fraction of sp³-hybridized carbons (Fsp3) is 0.158. The summed E-state index contributed by atoms with van der Waals surface area (Å²) in [6.45, 7) is 2.59. The van der Waals surface area contributed by atoms with Crippen molar-refractivity contribution in [2.75, 3.05) is 5.32 Å². The van der Waals surface area contributed by atoms with E-state index in [4.69, 9.17) is 4.42 Å². The Morgan fingerprint density at radius 1 is 1.10 bits per heavy atom. The monoisotopic (exact) mass is 430 g/mol. The number of nitrogens with one attached hydrogen (secondary N) is 2. The number of hydrogen-bond acceptors (Lipinski definition) is 7. The molecular weight excluding hydrogens is 412 g/mol. The summed E-state index contributed by atoms with van der Waals surface area (Å²) in [5.74, 6) is -0.790. The molecule has 1 atom stereocenters. The molecule has 0 fully saturated rings. The van der Waals surface area contributed by atoms with Crippen molar-refractivity contribution in [1.29, 1.82) is 0 Å². The van der Waals surface area contributed by atoms with Crippen LogP contribution >= 0.6 is 0 Å². The number of carbonyl (C=O) groups excluding carboxylic acids is 2. The molecule has 11 heteroatoms. The predicted octanol–water partition coefficient (Wildman–Crippen LogP) is 1.53. The number of nitrogens with zero attached hydrogens (tertiary/aromatic N) is 2. The van der Waals surface area contributed by atoms with Gasteiger partial charge in [-0.15, -0.1) is 0 Å². The van der Waals surface area contributed by atoms with Gasteiger partial charge in [-0.1, -0.05) is 0 Å². The Labute approximate surface area is 171 Å². The van der Waals surface area contributed by atoms with Gasteiger partial charge in [0, 0.05) is 18.7 Å². The normalized spacial score (nSPS) is 12.2. The topological polar surface area (TPSA) is 140 Å². The van der Waals surface area contributed by atoms with Crippen LogP contribution in [0.2, 0.25) is 0 Å². The molecule has 2 N–H and O–H groups in total. The number of hydrogen-bond donors (Lipinski definition) is 2. The number of rotatable bonds is 6. The summed E-state index contributed by atoms with van der Waals surface area (Å²) in [5.41, 5.74) is 0.236. The summed E-state index contributed by atoms with van der Waals surface area (Å²) in [5, 5.41) is 6.78. The molecule has 2 amide bonds. The number of amides is 2. The van der Waals surface area contributed by atoms with Crippen LogP contribution in [-0.2, 0) is 19.6 Å². The van der Waals surface area contributed by atoms with Crippen LogP contribution in [0.3, 0.4) is 0 Å². The lowest BCUT2D eigenvalue weighted by molar-refractivity contribution is -0.119. The van der Waals surface area contributed by atoms with E-state index in [1.165, 1.54) is 49.6 Å². The van der Waals surface area contributed by atoms with Gasteiger partial charge in [0.05, 0.1) is 11.2 Å². The summed E-state index contributed by atoms with van der Waals surface area (Å²) in [6, 6.07) is 10.4. The van der Waals surface area contributed by atoms with Crippen LogP contribution in [0.15, 0.2) is 68.9 Å². The van der Waals surface area contributed by atoms with E-state index in [1.807, 2.05) is 4.72 Å². The van der Waals surface area contributed by atoms with Crippen LogP contribution in [0.5, 0.6) is 0 Å². The Morgan fingerprint density at radius 2 is 1.80 bits per heavy atom. The van der Waals surface area contributed by atoms with E-state index < -0.39 is 33.4 Å². The first-order chi connectivity index (χ1) is 14.2. The van der Waals surface area contributed by atoms with Gasteiger partial charge in [-0.25, -0.2) is 17.8 Å². The number of aromatic nitrogens is 2. The number of sulfonamides is 1. The fourth-order valence-electron chi connectivity index (χ4n) is 2.58. The molecule has 3 aromatic rings. The minimum Gasteiger partial charge on any atom is -0.463 e. The zero-order valence-corrected chi connectivity index (χ0v) is 16.8. The third-order valence-corrected chi connectivity index (χ3v) is 5.50. The SMILES string of the molecule is CC(=O)NS(=O)(=O)c1ccc(NC(=O)C(C)n2nc(-c3ccco3)ccc2=O)cc1. The van der Waals surface area contributed by atoms with Gasteiger partial charge in [0.15, 0.2) is 5.76 Å². The second-order valence-electron chi connectivity index (χ2n) is 6.33. The Hall–Kier alpha value is -3.73. The van der Waals surface area contributed by atoms with Crippen molar-refractivity contribution in [3.8, 4) is 11.5 Å². The van der Waals surface area contributed by atoms with E-state index in [2.05, 4.69) is 10.4 Å². The van der Waals surface area contributed by atoms with E-state index in [-0.39, 0.29) is 4.90 Å². The summed E-state index contributed by atoms with van der Waals surface area (Å²) in [4.78, 5) is 35.6. The van der Waals surface area contributed by atoms with E-state index >= 15 is 0 Å².